The molecule has 0 saturated carbocycles. The van der Waals surface area contributed by atoms with Crippen molar-refractivity contribution >= 4 is 29.7 Å². The molecule has 0 N–H and O–H groups in total. The first-order valence-corrected chi connectivity index (χ1v) is 9.33. The lowest BCUT2D eigenvalue weighted by molar-refractivity contribution is -0.166. The van der Waals surface area contributed by atoms with Crippen molar-refractivity contribution < 1.29 is 47.7 Å². The van der Waals surface area contributed by atoms with Gasteiger partial charge in [-0.25, -0.2) is 9.48 Å². The van der Waals surface area contributed by atoms with E-state index in [0.29, 0.717) is 0 Å². The van der Waals surface area contributed by atoms with E-state index in [9.17, 15) is 24.0 Å². The van der Waals surface area contributed by atoms with Crippen LogP contribution in [0, 0.1) is 0 Å². The molecular weight excluding hydrogens is 418 g/mol. The summed E-state index contributed by atoms with van der Waals surface area (Å²) < 4.78 is 27.1. The molecular formula is C18H23N3O10. The number of esters is 4. The molecule has 170 valence electrons. The van der Waals surface area contributed by atoms with Gasteiger partial charge in [-0.15, -0.1) is 5.10 Å². The molecule has 13 heteroatoms. The summed E-state index contributed by atoms with van der Waals surface area (Å²) in [4.78, 5) is 59.0. The van der Waals surface area contributed by atoms with Crippen molar-refractivity contribution in [1.29, 1.82) is 0 Å². The van der Waals surface area contributed by atoms with Crippen LogP contribution in [0.25, 0.3) is 0 Å². The highest BCUT2D eigenvalue weighted by Gasteiger charge is 2.52. The highest BCUT2D eigenvalue weighted by molar-refractivity contribution is 6.02. The van der Waals surface area contributed by atoms with Gasteiger partial charge in [-0.2, -0.15) is 0 Å². The van der Waals surface area contributed by atoms with Crippen LogP contribution < -0.4 is 0 Å². The van der Waals surface area contributed by atoms with E-state index in [1.54, 1.807) is 6.92 Å². The first-order chi connectivity index (χ1) is 14.6. The Morgan fingerprint density at radius 3 is 2.06 bits per heavy atom. The molecule has 0 unspecified atom stereocenters. The number of Topliss-reactive ketones (excluding diaryl/α,β-unsaturated/α-hetero) is 1. The fourth-order valence-electron chi connectivity index (χ4n) is 3.03. The summed E-state index contributed by atoms with van der Waals surface area (Å²) in [5.41, 5.74) is -0.609. The van der Waals surface area contributed by atoms with Crippen LogP contribution >= 0.6 is 0 Å². The van der Waals surface area contributed by atoms with E-state index in [4.69, 9.17) is 23.7 Å². The van der Waals surface area contributed by atoms with Crippen LogP contribution in [0.4, 0.5) is 0 Å². The molecule has 31 heavy (non-hydrogen) atoms. The number of ketones is 1. The van der Waals surface area contributed by atoms with Crippen molar-refractivity contribution in [2.45, 2.75) is 59.2 Å². The van der Waals surface area contributed by atoms with Crippen molar-refractivity contribution in [3.05, 3.63) is 11.4 Å². The van der Waals surface area contributed by atoms with E-state index in [0.717, 1.165) is 18.5 Å². The number of rotatable bonds is 8. The van der Waals surface area contributed by atoms with Crippen LogP contribution in [0.5, 0.6) is 0 Å². The zero-order valence-corrected chi connectivity index (χ0v) is 17.6. The lowest BCUT2D eigenvalue weighted by Gasteiger charge is -2.23. The van der Waals surface area contributed by atoms with Gasteiger partial charge in [0, 0.05) is 27.7 Å². The molecule has 0 aromatic carbocycles. The van der Waals surface area contributed by atoms with Crippen LogP contribution in [0.2, 0.25) is 0 Å². The number of hydrogen-bond acceptors (Lipinski definition) is 12. The summed E-state index contributed by atoms with van der Waals surface area (Å²) >= 11 is 0. The summed E-state index contributed by atoms with van der Waals surface area (Å²) in [6, 6.07) is 0. The van der Waals surface area contributed by atoms with E-state index in [1.165, 1.54) is 13.8 Å². The van der Waals surface area contributed by atoms with Gasteiger partial charge in [-0.1, -0.05) is 5.21 Å². The zero-order valence-electron chi connectivity index (χ0n) is 17.6. The zero-order chi connectivity index (χ0) is 23.3. The molecule has 1 aliphatic rings. The van der Waals surface area contributed by atoms with Gasteiger partial charge in [0.05, 0.1) is 6.61 Å². The van der Waals surface area contributed by atoms with Gasteiger partial charge < -0.3 is 23.7 Å². The van der Waals surface area contributed by atoms with E-state index < -0.39 is 54.2 Å². The molecule has 0 amide bonds. The summed E-state index contributed by atoms with van der Waals surface area (Å²) in [6.07, 6.45) is -4.85. The van der Waals surface area contributed by atoms with E-state index in [-0.39, 0.29) is 24.6 Å². The topological polar surface area (TPSA) is 162 Å². The Kier molecular flexibility index (Phi) is 7.80. The molecule has 1 fully saturated rings. The normalized spacial score (nSPS) is 22.5. The Bertz CT molecular complexity index is 880. The maximum Gasteiger partial charge on any atom is 0.361 e. The van der Waals surface area contributed by atoms with Crippen molar-refractivity contribution in [3.63, 3.8) is 0 Å². The molecule has 0 aliphatic carbocycles. The summed E-state index contributed by atoms with van der Waals surface area (Å²) in [5.74, 6) is -3.54. The first-order valence-electron chi connectivity index (χ1n) is 9.33. The van der Waals surface area contributed by atoms with E-state index in [1.807, 2.05) is 0 Å². The third-order valence-corrected chi connectivity index (χ3v) is 4.08. The number of hydrogen-bond donors (Lipinski definition) is 0. The predicted octanol–water partition coefficient (Wildman–Crippen LogP) is -0.0187. The van der Waals surface area contributed by atoms with Gasteiger partial charge in [0.25, 0.3) is 0 Å². The maximum atomic E-state index is 12.3. The smallest absolute Gasteiger partial charge is 0.361 e. The van der Waals surface area contributed by atoms with Crippen molar-refractivity contribution in [2.75, 3.05) is 13.2 Å². The number of carbonyl (C=O) groups is 5. The van der Waals surface area contributed by atoms with Crippen LogP contribution in [-0.4, -0.2) is 76.2 Å². The van der Waals surface area contributed by atoms with E-state index >= 15 is 0 Å². The Morgan fingerprint density at radius 1 is 0.935 bits per heavy atom. The van der Waals surface area contributed by atoms with E-state index in [2.05, 4.69) is 10.3 Å². The highest BCUT2D eigenvalue weighted by Crippen LogP contribution is 2.35. The molecule has 1 aliphatic heterocycles. The monoisotopic (exact) mass is 441 g/mol. The Morgan fingerprint density at radius 2 is 1.55 bits per heavy atom. The lowest BCUT2D eigenvalue weighted by Crippen LogP contribution is -2.41. The molecule has 1 aromatic heterocycles. The maximum absolute atomic E-state index is 12.3. The fraction of sp³-hybridized carbons (Fsp3) is 0.611. The first kappa shape index (κ1) is 23.9. The third-order valence-electron chi connectivity index (χ3n) is 4.08. The predicted molar refractivity (Wildman–Crippen MR) is 97.6 cm³/mol. The number of aromatic nitrogens is 3. The van der Waals surface area contributed by atoms with Crippen molar-refractivity contribution in [1.82, 2.24) is 15.0 Å². The van der Waals surface area contributed by atoms with Crippen molar-refractivity contribution in [3.8, 4) is 0 Å². The molecule has 2 rings (SSSR count). The quantitative estimate of drug-likeness (QED) is 0.301. The average Bonchev–Trinajstić information content (AvgIpc) is 3.22. The molecule has 1 aromatic rings. The highest BCUT2D eigenvalue weighted by atomic mass is 16.7. The van der Waals surface area contributed by atoms with Crippen LogP contribution in [0.1, 0.15) is 61.8 Å². The van der Waals surface area contributed by atoms with Crippen molar-refractivity contribution in [2.24, 2.45) is 0 Å². The SMILES string of the molecule is CCOC(=O)c1nnn([C@@H]2O[C@H](COC(C)=O)[C@@H](OC(C)=O)[C@H]2OC(C)=O)c1C(C)=O. The Hall–Kier alpha value is -3.35. The van der Waals surface area contributed by atoms with Gasteiger partial charge in [-0.05, 0) is 6.92 Å². The standard InChI is InChI=1S/C18H23N3O10/c1-6-27-18(26)13-14(8(2)22)21(20-19-13)17-16(30-11(5)25)15(29-10(4)24)12(31-17)7-28-9(3)23/h12,15-17H,6-7H2,1-5H3/t12-,15-,16-,17-/m1/s1. The second-order valence-corrected chi connectivity index (χ2v) is 6.52. The Labute approximate surface area is 176 Å². The molecule has 0 spiro atoms. The molecule has 0 bridgehead atoms. The van der Waals surface area contributed by atoms with Gasteiger partial charge in [0.2, 0.25) is 5.69 Å². The fourth-order valence-corrected chi connectivity index (χ4v) is 3.03. The van der Waals surface area contributed by atoms with Crippen LogP contribution in [-0.2, 0) is 38.1 Å². The lowest BCUT2D eigenvalue weighted by atomic mass is 10.1. The minimum atomic E-state index is -1.32. The average molecular weight is 441 g/mol. The Balaban J connectivity index is 2.52. The van der Waals surface area contributed by atoms with Crippen LogP contribution in [0.15, 0.2) is 0 Å². The summed E-state index contributed by atoms with van der Waals surface area (Å²) in [7, 11) is 0. The van der Waals surface area contributed by atoms with Crippen LogP contribution in [0.3, 0.4) is 0 Å². The van der Waals surface area contributed by atoms with Gasteiger partial charge >= 0.3 is 23.9 Å². The molecule has 4 atom stereocenters. The number of ether oxygens (including phenoxy) is 5. The van der Waals surface area contributed by atoms with Gasteiger partial charge in [-0.3, -0.25) is 19.2 Å². The van der Waals surface area contributed by atoms with Gasteiger partial charge in [0.15, 0.2) is 24.2 Å². The van der Waals surface area contributed by atoms with Gasteiger partial charge in [0.1, 0.15) is 18.4 Å². The minimum absolute atomic E-state index is 0.0397. The molecule has 2 heterocycles. The summed E-state index contributed by atoms with van der Waals surface area (Å²) in [5, 5.41) is 7.51. The molecule has 13 nitrogen and oxygen atoms in total. The second-order valence-electron chi connectivity index (χ2n) is 6.52. The summed E-state index contributed by atoms with van der Waals surface area (Å²) in [6.45, 7) is 5.89. The number of carbonyl (C=O) groups excluding carboxylic acids is 5. The second kappa shape index (κ2) is 10.1. The minimum Gasteiger partial charge on any atom is -0.463 e. The largest absolute Gasteiger partial charge is 0.463 e. The molecule has 1 saturated heterocycles. The molecule has 0 radical (unpaired) electrons. The number of nitrogens with zero attached hydrogens (tertiary/aromatic N) is 3. The third kappa shape index (κ3) is 5.63.